The predicted molar refractivity (Wildman–Crippen MR) is 156 cm³/mol. The lowest BCUT2D eigenvalue weighted by molar-refractivity contribution is -0.114. The Morgan fingerprint density at radius 1 is 0.974 bits per heavy atom. The van der Waals surface area contributed by atoms with E-state index in [1.807, 2.05) is 30.3 Å². The van der Waals surface area contributed by atoms with Gasteiger partial charge < -0.3 is 20.0 Å². The van der Waals surface area contributed by atoms with E-state index in [9.17, 15) is 4.79 Å². The minimum absolute atomic E-state index is 0.277. The number of likely N-dealkylation sites (tertiary alicyclic amines) is 1. The van der Waals surface area contributed by atoms with E-state index in [1.165, 1.54) is 38.9 Å². The highest BCUT2D eigenvalue weighted by atomic mass is 35.5. The van der Waals surface area contributed by atoms with Crippen LogP contribution in [0.2, 0.25) is 5.02 Å². The van der Waals surface area contributed by atoms with Gasteiger partial charge in [0.2, 0.25) is 0 Å². The van der Waals surface area contributed by atoms with Crippen LogP contribution in [0.15, 0.2) is 47.6 Å². The Morgan fingerprint density at radius 3 is 2.42 bits per heavy atom. The van der Waals surface area contributed by atoms with E-state index in [0.717, 1.165) is 55.2 Å². The number of nitrogens with zero attached hydrogens (tertiary/aromatic N) is 4. The maximum atomic E-state index is 11.9. The summed E-state index contributed by atoms with van der Waals surface area (Å²) in [6.07, 6.45) is 4.36. The first-order valence-electron chi connectivity index (χ1n) is 13.4. The van der Waals surface area contributed by atoms with Crippen LogP contribution >= 0.6 is 34.8 Å². The fourth-order valence-electron chi connectivity index (χ4n) is 5.46. The topological polar surface area (TPSA) is 60.4 Å². The number of rotatable bonds is 8. The largest absolute Gasteiger partial charge is 0.387 e. The highest BCUT2D eigenvalue weighted by Crippen LogP contribution is 2.37. The van der Waals surface area contributed by atoms with Crippen LogP contribution in [0, 0.1) is 0 Å². The highest BCUT2D eigenvalue weighted by Gasteiger charge is 2.29. The van der Waals surface area contributed by atoms with Crippen LogP contribution in [0.4, 0.5) is 11.4 Å². The van der Waals surface area contributed by atoms with Gasteiger partial charge in [-0.05, 0) is 55.8 Å². The van der Waals surface area contributed by atoms with E-state index < -0.39 is 10.7 Å². The first-order chi connectivity index (χ1) is 18.5. The summed E-state index contributed by atoms with van der Waals surface area (Å²) in [6.45, 7) is 8.78. The first kappa shape index (κ1) is 27.5. The normalized spacial score (nSPS) is 20.9. The zero-order chi connectivity index (χ0) is 26.5. The molecule has 2 fully saturated rings. The van der Waals surface area contributed by atoms with Crippen molar-refractivity contribution >= 4 is 57.8 Å². The van der Waals surface area contributed by atoms with E-state index in [-0.39, 0.29) is 6.10 Å². The molecule has 3 heterocycles. The molecular weight excluding hydrogens is 545 g/mol. The number of carbonyl (C=O) groups excluding carboxylic acids is 1. The molecule has 1 amide bonds. The number of hydrogen-bond acceptors (Lipinski definition) is 6. The van der Waals surface area contributed by atoms with Crippen LogP contribution in [0.3, 0.4) is 0 Å². The lowest BCUT2D eigenvalue weighted by Crippen LogP contribution is -2.49. The first-order valence-corrected chi connectivity index (χ1v) is 14.6. The Balaban J connectivity index is 1.22. The highest BCUT2D eigenvalue weighted by molar-refractivity contribution is 6.54. The van der Waals surface area contributed by atoms with Gasteiger partial charge in [0.15, 0.2) is 10.9 Å². The Bertz CT molecular complexity index is 1150. The summed E-state index contributed by atoms with van der Waals surface area (Å²) in [5.74, 6) is -0.470. The minimum Gasteiger partial charge on any atom is -0.387 e. The Hall–Kier alpha value is -2.03. The van der Waals surface area contributed by atoms with Crippen LogP contribution in [-0.4, -0.2) is 78.6 Å². The number of carbonyl (C=O) groups is 1. The molecule has 204 valence electrons. The summed E-state index contributed by atoms with van der Waals surface area (Å²) < 4.78 is 0. The van der Waals surface area contributed by atoms with Crippen molar-refractivity contribution in [2.24, 2.45) is 5.16 Å². The molecule has 1 atom stereocenters. The van der Waals surface area contributed by atoms with Crippen molar-refractivity contribution in [1.82, 2.24) is 9.80 Å². The third-order valence-electron chi connectivity index (χ3n) is 7.57. The number of alkyl halides is 2. The molecule has 0 aromatic heterocycles. The van der Waals surface area contributed by atoms with Gasteiger partial charge in [-0.15, -0.1) is 0 Å². The van der Waals surface area contributed by atoms with Crippen molar-refractivity contribution in [3.63, 3.8) is 0 Å². The molecule has 2 saturated heterocycles. The molecule has 0 bridgehead atoms. The van der Waals surface area contributed by atoms with Gasteiger partial charge in [-0.25, -0.2) is 0 Å². The summed E-state index contributed by atoms with van der Waals surface area (Å²) in [6, 6.07) is 13.5. The maximum absolute atomic E-state index is 11.9. The van der Waals surface area contributed by atoms with Gasteiger partial charge in [0, 0.05) is 62.6 Å². The van der Waals surface area contributed by atoms with Crippen molar-refractivity contribution in [3.05, 3.63) is 58.6 Å². The zero-order valence-corrected chi connectivity index (χ0v) is 23.7. The van der Waals surface area contributed by atoms with Gasteiger partial charge in [-0.2, -0.15) is 0 Å². The Morgan fingerprint density at radius 2 is 1.68 bits per heavy atom. The number of anilines is 2. The summed E-state index contributed by atoms with van der Waals surface area (Å²) in [4.78, 5) is 24.2. The van der Waals surface area contributed by atoms with Crippen molar-refractivity contribution < 1.29 is 9.63 Å². The summed E-state index contributed by atoms with van der Waals surface area (Å²) in [5.41, 5.74) is 4.38. The van der Waals surface area contributed by atoms with E-state index in [4.69, 9.17) is 39.6 Å². The van der Waals surface area contributed by atoms with Crippen LogP contribution in [0.5, 0.6) is 0 Å². The molecule has 2 aromatic rings. The van der Waals surface area contributed by atoms with Crippen LogP contribution < -0.4 is 10.2 Å². The Kier molecular flexibility index (Phi) is 9.33. The van der Waals surface area contributed by atoms with Crippen molar-refractivity contribution in [2.45, 2.75) is 36.6 Å². The van der Waals surface area contributed by atoms with Gasteiger partial charge in [0.05, 0.1) is 10.7 Å². The summed E-state index contributed by atoms with van der Waals surface area (Å²) >= 11 is 18.1. The molecule has 0 aliphatic carbocycles. The van der Waals surface area contributed by atoms with Crippen LogP contribution in [-0.2, 0) is 9.63 Å². The second-order valence-electron chi connectivity index (χ2n) is 10.1. The molecule has 3 aliphatic heterocycles. The third kappa shape index (κ3) is 6.75. The smallest absolute Gasteiger partial charge is 0.257 e. The quantitative estimate of drug-likeness (QED) is 0.416. The van der Waals surface area contributed by atoms with E-state index in [2.05, 4.69) is 31.2 Å². The molecule has 7 nitrogen and oxygen atoms in total. The monoisotopic (exact) mass is 577 g/mol. The van der Waals surface area contributed by atoms with Crippen LogP contribution in [0.1, 0.15) is 42.9 Å². The predicted octanol–water partition coefficient (Wildman–Crippen LogP) is 5.56. The third-order valence-corrected chi connectivity index (χ3v) is 8.28. The summed E-state index contributed by atoms with van der Waals surface area (Å²) in [5, 5.41) is 7.84. The lowest BCUT2D eigenvalue weighted by atomic mass is 9.98. The molecule has 38 heavy (non-hydrogen) atoms. The second kappa shape index (κ2) is 12.9. The zero-order valence-electron chi connectivity index (χ0n) is 21.4. The molecule has 1 N–H and O–H groups in total. The van der Waals surface area contributed by atoms with Crippen LogP contribution in [0.25, 0.3) is 0 Å². The number of oxime groups is 1. The van der Waals surface area contributed by atoms with E-state index >= 15 is 0 Å². The van der Waals surface area contributed by atoms with E-state index in [1.54, 1.807) is 6.07 Å². The number of amides is 1. The van der Waals surface area contributed by atoms with Gasteiger partial charge in [0.1, 0.15) is 0 Å². The fourth-order valence-corrected chi connectivity index (χ4v) is 5.85. The molecule has 2 aromatic carbocycles. The molecule has 0 saturated carbocycles. The van der Waals surface area contributed by atoms with Crippen molar-refractivity contribution in [2.75, 3.05) is 62.6 Å². The minimum atomic E-state index is -1.13. The number of halogens is 3. The number of piperidine rings is 1. The number of hydrogen-bond donors (Lipinski definition) is 1. The van der Waals surface area contributed by atoms with E-state index in [0.29, 0.717) is 17.1 Å². The molecule has 5 rings (SSSR count). The number of nitrogens with one attached hydrogen (secondary N) is 1. The van der Waals surface area contributed by atoms with Gasteiger partial charge in [0.25, 0.3) is 5.91 Å². The van der Waals surface area contributed by atoms with Gasteiger partial charge in [-0.1, -0.05) is 64.6 Å². The number of benzene rings is 2. The molecule has 10 heteroatoms. The Labute approximate surface area is 239 Å². The van der Waals surface area contributed by atoms with Gasteiger partial charge in [-0.3, -0.25) is 9.69 Å². The second-order valence-corrected chi connectivity index (χ2v) is 11.6. The molecule has 3 aliphatic rings. The number of piperazine rings is 1. The molecule has 1 unspecified atom stereocenters. The molecule has 0 radical (unpaired) electrons. The average Bonchev–Trinajstić information content (AvgIpc) is 3.43. The lowest BCUT2D eigenvalue weighted by Gasteiger charge is -2.38. The summed E-state index contributed by atoms with van der Waals surface area (Å²) in [7, 11) is 0. The average molecular weight is 579 g/mol. The molecule has 0 spiro atoms. The maximum Gasteiger partial charge on any atom is 0.257 e. The SMILES string of the molecule is O=C(Nc1cccc(C2CC(c3c(Cl)cccc3N3CCN(CCN4CCCCC4)CC3)=NO2)c1)C(Cl)Cl. The van der Waals surface area contributed by atoms with Gasteiger partial charge >= 0.3 is 0 Å². The fraction of sp³-hybridized carbons (Fsp3) is 0.500. The standard InChI is InChI=1S/C28H34Cl3N5O2/c29-22-8-5-9-24(36-16-14-35(15-17-36)13-12-34-10-2-1-3-11-34)26(22)23-19-25(38-33-23)20-6-4-7-21(18-20)32-28(37)27(30)31/h4-9,18,25,27H,1-3,10-17,19H2,(H,32,37). The van der Waals surface area contributed by atoms with Crippen molar-refractivity contribution in [3.8, 4) is 0 Å². The molecular formula is C28H34Cl3N5O2. The van der Waals surface area contributed by atoms with Crippen molar-refractivity contribution in [1.29, 1.82) is 0 Å².